The molecule has 0 radical (unpaired) electrons. The average molecular weight is 797 g/mol. The number of hydrogen-bond donors (Lipinski definition) is 0. The minimum Gasteiger partial charge on any atom is -0.250 e. The van der Waals surface area contributed by atoms with Gasteiger partial charge in [0.15, 0.2) is 0 Å². The lowest BCUT2D eigenvalue weighted by Crippen LogP contribution is -2.15. The molecule has 0 N–H and O–H groups in total. The third-order valence-corrected chi connectivity index (χ3v) is 12.8. The van der Waals surface area contributed by atoms with E-state index in [1.807, 2.05) is 0 Å². The second-order valence-electron chi connectivity index (χ2n) is 19.0. The van der Waals surface area contributed by atoms with Crippen molar-refractivity contribution < 1.29 is 0 Å². The van der Waals surface area contributed by atoms with Crippen LogP contribution in [0.2, 0.25) is 0 Å². The zero-order valence-electron chi connectivity index (χ0n) is 36.2. The molecular formula is C60H48N2. The molecule has 298 valence electrons. The minimum atomic E-state index is -0.159. The van der Waals surface area contributed by atoms with Gasteiger partial charge >= 0.3 is 0 Å². The molecule has 0 unspecified atom stereocenters. The summed E-state index contributed by atoms with van der Waals surface area (Å²) in [6, 6.07) is 67.5. The Bertz CT molecular complexity index is 3600. The largest absolute Gasteiger partial charge is 0.250 e. The van der Waals surface area contributed by atoms with E-state index in [9.17, 15) is 0 Å². The Labute approximate surface area is 363 Å². The molecule has 0 aliphatic carbocycles. The highest BCUT2D eigenvalue weighted by Crippen LogP contribution is 2.46. The number of aromatic nitrogens is 2. The highest BCUT2D eigenvalue weighted by atomic mass is 14.8. The van der Waals surface area contributed by atoms with Crippen molar-refractivity contribution >= 4 is 64.9 Å². The van der Waals surface area contributed by atoms with E-state index in [-0.39, 0.29) is 10.8 Å². The molecule has 0 aliphatic heterocycles. The fourth-order valence-electron chi connectivity index (χ4n) is 9.45. The second-order valence-corrected chi connectivity index (χ2v) is 19.0. The van der Waals surface area contributed by atoms with Gasteiger partial charge in [-0.1, -0.05) is 187 Å². The first-order chi connectivity index (χ1) is 30.0. The van der Waals surface area contributed by atoms with Gasteiger partial charge in [0.1, 0.15) is 0 Å². The lowest BCUT2D eigenvalue weighted by atomic mass is 9.84. The van der Waals surface area contributed by atoms with Crippen molar-refractivity contribution in [2.45, 2.75) is 52.4 Å². The van der Waals surface area contributed by atoms with E-state index in [4.69, 9.17) is 9.97 Å². The Morgan fingerprint density at radius 3 is 1.42 bits per heavy atom. The van der Waals surface area contributed by atoms with E-state index in [0.29, 0.717) is 0 Å². The fraction of sp³-hybridized carbons (Fsp3) is 0.133. The number of pyridine rings is 2. The van der Waals surface area contributed by atoms with E-state index in [0.717, 1.165) is 38.8 Å². The molecule has 9 aromatic carbocycles. The van der Waals surface area contributed by atoms with Gasteiger partial charge in [-0.2, -0.15) is 0 Å². The Morgan fingerprint density at radius 1 is 0.290 bits per heavy atom. The van der Waals surface area contributed by atoms with Gasteiger partial charge in [0, 0.05) is 33.0 Å². The molecule has 0 fully saturated rings. The van der Waals surface area contributed by atoms with Gasteiger partial charge < -0.3 is 0 Å². The monoisotopic (exact) mass is 796 g/mol. The quantitative estimate of drug-likeness (QED) is 0.131. The molecule has 0 bridgehead atoms. The summed E-state index contributed by atoms with van der Waals surface area (Å²) in [6.07, 6.45) is 0. The molecule has 11 rings (SSSR count). The molecule has 2 heteroatoms. The summed E-state index contributed by atoms with van der Waals surface area (Å²) in [5.41, 5.74) is 13.5. The van der Waals surface area contributed by atoms with Crippen molar-refractivity contribution in [3.05, 3.63) is 193 Å². The summed E-state index contributed by atoms with van der Waals surface area (Å²) >= 11 is 0. The second kappa shape index (κ2) is 14.2. The lowest BCUT2D eigenvalue weighted by molar-refractivity contribution is 0.570. The van der Waals surface area contributed by atoms with Crippen LogP contribution in [0.25, 0.3) is 109 Å². The van der Waals surface area contributed by atoms with Crippen molar-refractivity contribution in [2.24, 2.45) is 0 Å². The summed E-state index contributed by atoms with van der Waals surface area (Å²) < 4.78 is 0. The predicted molar refractivity (Wildman–Crippen MR) is 266 cm³/mol. The van der Waals surface area contributed by atoms with E-state index < -0.39 is 0 Å². The highest BCUT2D eigenvalue weighted by Gasteiger charge is 2.23. The maximum Gasteiger partial charge on any atom is 0.0974 e. The average Bonchev–Trinajstić information content (AvgIpc) is 3.29. The highest BCUT2D eigenvalue weighted by molar-refractivity contribution is 6.22. The van der Waals surface area contributed by atoms with Crippen LogP contribution in [0.5, 0.6) is 0 Å². The van der Waals surface area contributed by atoms with Crippen LogP contribution in [0.15, 0.2) is 182 Å². The van der Waals surface area contributed by atoms with Crippen LogP contribution >= 0.6 is 0 Å². The van der Waals surface area contributed by atoms with Gasteiger partial charge in [0.05, 0.1) is 11.0 Å². The molecule has 62 heavy (non-hydrogen) atoms. The molecule has 0 spiro atoms. The van der Waals surface area contributed by atoms with Crippen molar-refractivity contribution in [1.29, 1.82) is 0 Å². The zero-order chi connectivity index (χ0) is 42.3. The summed E-state index contributed by atoms with van der Waals surface area (Å²) in [7, 11) is 0. The summed E-state index contributed by atoms with van der Waals surface area (Å²) in [5.74, 6) is 0. The van der Waals surface area contributed by atoms with Crippen LogP contribution in [0, 0.1) is 0 Å². The number of fused-ring (bicyclic) bond motifs is 7. The molecule has 0 aliphatic rings. The Kier molecular flexibility index (Phi) is 8.67. The van der Waals surface area contributed by atoms with Gasteiger partial charge in [-0.05, 0) is 124 Å². The minimum absolute atomic E-state index is 0.0777. The topological polar surface area (TPSA) is 25.8 Å². The van der Waals surface area contributed by atoms with Crippen LogP contribution in [0.3, 0.4) is 0 Å². The van der Waals surface area contributed by atoms with Crippen LogP contribution < -0.4 is 0 Å². The standard InChI is InChI=1S/C60H48N2/c1-59(2,3)53-31-28-39-26-30-50-51(36-54(60(4,5)6)62-58(50)57(39)61-53)44-19-13-18-42(32-44)43-27-29-49-52(35-43)56(46-25-23-38-15-8-10-17-41(38)34-46)48-21-12-11-20-47(48)55(49)45-24-22-37-14-7-9-16-40(37)33-45/h7-36H,1-6H3. The summed E-state index contributed by atoms with van der Waals surface area (Å²) in [4.78, 5) is 10.6. The Morgan fingerprint density at radius 2 is 0.774 bits per heavy atom. The predicted octanol–water partition coefficient (Wildman–Crippen LogP) is 16.7. The summed E-state index contributed by atoms with van der Waals surface area (Å²) in [5, 5.41) is 12.2. The number of benzene rings is 9. The lowest BCUT2D eigenvalue weighted by Gasteiger charge is -2.22. The van der Waals surface area contributed by atoms with Gasteiger partial charge in [0.2, 0.25) is 0 Å². The van der Waals surface area contributed by atoms with Crippen LogP contribution in [0.4, 0.5) is 0 Å². The van der Waals surface area contributed by atoms with E-state index in [2.05, 4.69) is 224 Å². The van der Waals surface area contributed by atoms with Crippen LogP contribution in [-0.2, 0) is 10.8 Å². The molecule has 0 atom stereocenters. The van der Waals surface area contributed by atoms with E-state index in [1.165, 1.54) is 82.0 Å². The van der Waals surface area contributed by atoms with E-state index in [1.54, 1.807) is 0 Å². The Balaban J connectivity index is 1.16. The first kappa shape index (κ1) is 37.8. The number of hydrogen-bond acceptors (Lipinski definition) is 2. The van der Waals surface area contributed by atoms with Crippen molar-refractivity contribution in [2.75, 3.05) is 0 Å². The molecule has 2 aromatic heterocycles. The molecule has 11 aromatic rings. The molecule has 0 amide bonds. The third kappa shape index (κ3) is 6.41. The number of rotatable bonds is 4. The fourth-order valence-corrected chi connectivity index (χ4v) is 9.45. The maximum absolute atomic E-state index is 5.37. The molecule has 2 heterocycles. The molecule has 0 saturated carbocycles. The first-order valence-electron chi connectivity index (χ1n) is 21.8. The van der Waals surface area contributed by atoms with Crippen LogP contribution in [0.1, 0.15) is 52.9 Å². The van der Waals surface area contributed by atoms with Gasteiger partial charge in [-0.3, -0.25) is 0 Å². The summed E-state index contributed by atoms with van der Waals surface area (Å²) in [6.45, 7) is 13.4. The van der Waals surface area contributed by atoms with E-state index >= 15 is 0 Å². The Hall–Kier alpha value is -7.16. The van der Waals surface area contributed by atoms with Gasteiger partial charge in [-0.25, -0.2) is 9.97 Å². The third-order valence-electron chi connectivity index (χ3n) is 12.8. The van der Waals surface area contributed by atoms with Crippen LogP contribution in [-0.4, -0.2) is 9.97 Å². The molecule has 0 saturated heterocycles. The zero-order valence-corrected chi connectivity index (χ0v) is 36.2. The van der Waals surface area contributed by atoms with Crippen molar-refractivity contribution in [1.82, 2.24) is 9.97 Å². The molecular weight excluding hydrogens is 749 g/mol. The first-order valence-corrected chi connectivity index (χ1v) is 21.8. The SMILES string of the molecule is CC(C)(C)c1ccc2ccc3c(-c4cccc(-c5ccc6c(-c7ccc8ccccc8c7)c7ccccc7c(-c7ccc8ccccc8c7)c6c5)c4)cc(C(C)(C)C)nc3c2n1. The van der Waals surface area contributed by atoms with Gasteiger partial charge in [0.25, 0.3) is 0 Å². The van der Waals surface area contributed by atoms with Crippen molar-refractivity contribution in [3.63, 3.8) is 0 Å². The number of nitrogens with zero attached hydrogens (tertiary/aromatic N) is 2. The van der Waals surface area contributed by atoms with Crippen molar-refractivity contribution in [3.8, 4) is 44.5 Å². The van der Waals surface area contributed by atoms with Gasteiger partial charge in [-0.15, -0.1) is 0 Å². The molecule has 2 nitrogen and oxygen atoms in total. The smallest absolute Gasteiger partial charge is 0.0974 e. The maximum atomic E-state index is 5.37. The normalized spacial score (nSPS) is 12.4.